The van der Waals surface area contributed by atoms with Crippen LogP contribution in [0.1, 0.15) is 35.9 Å². The standard InChI is InChI=1S/C23H23FN4O4/c24-18-8-6-16(7-9-18)20(17-10-12-31-13-11-17)21(26-27-25)22(29)28-19(14-32-23(28)30)15-4-2-1-3-5-15/h1-9,17,19-21H,10-14H2/t19?,20-,21-/m0/s1. The van der Waals surface area contributed by atoms with Gasteiger partial charge >= 0.3 is 6.09 Å². The summed E-state index contributed by atoms with van der Waals surface area (Å²) in [5.41, 5.74) is 10.7. The van der Waals surface area contributed by atoms with Crippen molar-refractivity contribution in [2.45, 2.75) is 30.8 Å². The van der Waals surface area contributed by atoms with Crippen molar-refractivity contribution in [3.05, 3.63) is 82.0 Å². The van der Waals surface area contributed by atoms with Gasteiger partial charge in [0.1, 0.15) is 24.5 Å². The van der Waals surface area contributed by atoms with Crippen LogP contribution in [0.15, 0.2) is 59.7 Å². The number of imide groups is 1. The van der Waals surface area contributed by atoms with Crippen LogP contribution in [0.4, 0.5) is 9.18 Å². The van der Waals surface area contributed by atoms with Gasteiger partial charge in [0.25, 0.3) is 0 Å². The van der Waals surface area contributed by atoms with Crippen LogP contribution in [0.2, 0.25) is 0 Å². The Morgan fingerprint density at radius 2 is 1.81 bits per heavy atom. The lowest BCUT2D eigenvalue weighted by atomic mass is 9.76. The highest BCUT2D eigenvalue weighted by Gasteiger charge is 2.45. The van der Waals surface area contributed by atoms with Gasteiger partial charge in [0.2, 0.25) is 5.91 Å². The smallest absolute Gasteiger partial charge is 0.417 e. The first-order valence-electron chi connectivity index (χ1n) is 10.5. The van der Waals surface area contributed by atoms with E-state index in [0.29, 0.717) is 31.6 Å². The second-order valence-electron chi connectivity index (χ2n) is 7.89. The van der Waals surface area contributed by atoms with Crippen LogP contribution in [-0.4, -0.2) is 42.8 Å². The van der Waals surface area contributed by atoms with E-state index >= 15 is 0 Å². The molecule has 0 aliphatic carbocycles. The topological polar surface area (TPSA) is 105 Å². The van der Waals surface area contributed by atoms with Crippen LogP contribution in [0.5, 0.6) is 0 Å². The Bertz CT molecular complexity index is 1000. The fourth-order valence-electron chi connectivity index (χ4n) is 4.53. The molecular formula is C23H23FN4O4. The predicted octanol–water partition coefficient (Wildman–Crippen LogP) is 4.73. The molecule has 2 fully saturated rings. The zero-order valence-electron chi connectivity index (χ0n) is 17.3. The van der Waals surface area contributed by atoms with Gasteiger partial charge < -0.3 is 9.47 Å². The molecule has 2 heterocycles. The highest BCUT2D eigenvalue weighted by Crippen LogP contribution is 2.39. The molecule has 0 bridgehead atoms. The first-order chi connectivity index (χ1) is 15.6. The number of cyclic esters (lactones) is 1. The van der Waals surface area contributed by atoms with E-state index in [1.54, 1.807) is 12.1 Å². The van der Waals surface area contributed by atoms with Gasteiger partial charge in [0, 0.05) is 24.0 Å². The Hall–Kier alpha value is -3.42. The molecule has 166 valence electrons. The van der Waals surface area contributed by atoms with Crippen LogP contribution in [0.3, 0.4) is 0 Å². The van der Waals surface area contributed by atoms with E-state index in [-0.39, 0.29) is 12.5 Å². The molecule has 2 aromatic carbocycles. The third-order valence-corrected chi connectivity index (χ3v) is 6.09. The third-order valence-electron chi connectivity index (χ3n) is 6.09. The molecule has 0 aromatic heterocycles. The summed E-state index contributed by atoms with van der Waals surface area (Å²) in [6.45, 7) is 1.05. The van der Waals surface area contributed by atoms with E-state index in [9.17, 15) is 19.5 Å². The maximum atomic E-state index is 13.7. The molecule has 2 aliphatic heterocycles. The number of hydrogen-bond donors (Lipinski definition) is 0. The van der Waals surface area contributed by atoms with Crippen molar-refractivity contribution in [2.75, 3.05) is 19.8 Å². The summed E-state index contributed by atoms with van der Waals surface area (Å²) >= 11 is 0. The normalized spacial score (nSPS) is 20.8. The average molecular weight is 438 g/mol. The maximum absolute atomic E-state index is 13.7. The Morgan fingerprint density at radius 1 is 1.12 bits per heavy atom. The van der Waals surface area contributed by atoms with Crippen molar-refractivity contribution in [3.8, 4) is 0 Å². The molecule has 2 aliphatic rings. The molecule has 0 radical (unpaired) electrons. The summed E-state index contributed by atoms with van der Waals surface area (Å²) in [7, 11) is 0. The highest BCUT2D eigenvalue weighted by molar-refractivity contribution is 5.97. The van der Waals surface area contributed by atoms with Gasteiger partial charge in [-0.25, -0.2) is 14.1 Å². The fourth-order valence-corrected chi connectivity index (χ4v) is 4.53. The number of carbonyl (C=O) groups excluding carboxylic acids is 2. The summed E-state index contributed by atoms with van der Waals surface area (Å²) in [6, 6.07) is 13.1. The Morgan fingerprint density at radius 3 is 2.47 bits per heavy atom. The predicted molar refractivity (Wildman–Crippen MR) is 113 cm³/mol. The monoisotopic (exact) mass is 438 g/mol. The molecule has 2 saturated heterocycles. The number of rotatable bonds is 6. The second kappa shape index (κ2) is 9.80. The van der Waals surface area contributed by atoms with Gasteiger partial charge in [-0.3, -0.25) is 4.79 Å². The van der Waals surface area contributed by atoms with Gasteiger partial charge in [-0.1, -0.05) is 47.6 Å². The summed E-state index contributed by atoms with van der Waals surface area (Å²) in [5.74, 6) is -1.60. The molecule has 2 aromatic rings. The first-order valence-corrected chi connectivity index (χ1v) is 10.5. The van der Waals surface area contributed by atoms with Gasteiger partial charge in [0.15, 0.2) is 0 Å². The molecule has 1 unspecified atom stereocenters. The van der Waals surface area contributed by atoms with Gasteiger partial charge in [-0.15, -0.1) is 0 Å². The van der Waals surface area contributed by atoms with E-state index in [2.05, 4.69) is 10.0 Å². The van der Waals surface area contributed by atoms with E-state index in [0.717, 1.165) is 10.5 Å². The molecule has 0 N–H and O–H groups in total. The van der Waals surface area contributed by atoms with Crippen LogP contribution >= 0.6 is 0 Å². The lowest BCUT2D eigenvalue weighted by Gasteiger charge is -2.35. The van der Waals surface area contributed by atoms with Crippen LogP contribution in [0, 0.1) is 11.7 Å². The lowest BCUT2D eigenvalue weighted by Crippen LogP contribution is -2.45. The average Bonchev–Trinajstić information content (AvgIpc) is 3.22. The number of ether oxygens (including phenoxy) is 2. The number of nitrogens with zero attached hydrogens (tertiary/aromatic N) is 4. The Labute approximate surface area is 184 Å². The van der Waals surface area contributed by atoms with E-state index in [4.69, 9.17) is 9.47 Å². The van der Waals surface area contributed by atoms with Crippen molar-refractivity contribution in [2.24, 2.45) is 11.0 Å². The largest absolute Gasteiger partial charge is 0.446 e. The second-order valence-corrected chi connectivity index (χ2v) is 7.89. The summed E-state index contributed by atoms with van der Waals surface area (Å²) in [4.78, 5) is 30.3. The maximum Gasteiger partial charge on any atom is 0.417 e. The number of azide groups is 1. The lowest BCUT2D eigenvalue weighted by molar-refractivity contribution is -0.131. The summed E-state index contributed by atoms with van der Waals surface area (Å²) in [6.07, 6.45) is 0.533. The van der Waals surface area contributed by atoms with Crippen molar-refractivity contribution in [1.29, 1.82) is 0 Å². The highest BCUT2D eigenvalue weighted by atomic mass is 19.1. The molecular weight excluding hydrogens is 415 g/mol. The molecule has 32 heavy (non-hydrogen) atoms. The number of benzene rings is 2. The molecule has 8 nitrogen and oxygen atoms in total. The van der Waals surface area contributed by atoms with E-state index < -0.39 is 35.8 Å². The summed E-state index contributed by atoms with van der Waals surface area (Å²) < 4.78 is 24.3. The van der Waals surface area contributed by atoms with Crippen molar-refractivity contribution in [1.82, 2.24) is 4.90 Å². The number of carbonyl (C=O) groups is 2. The third kappa shape index (κ3) is 4.44. The molecule has 2 amide bonds. The minimum absolute atomic E-state index is 0.0239. The first kappa shape index (κ1) is 21.8. The van der Waals surface area contributed by atoms with Crippen LogP contribution < -0.4 is 0 Å². The molecule has 3 atom stereocenters. The van der Waals surface area contributed by atoms with Gasteiger partial charge in [-0.2, -0.15) is 0 Å². The molecule has 0 saturated carbocycles. The number of hydrogen-bond acceptors (Lipinski definition) is 5. The van der Waals surface area contributed by atoms with Gasteiger partial charge in [-0.05, 0) is 47.6 Å². The molecule has 0 spiro atoms. The van der Waals surface area contributed by atoms with Crippen LogP contribution in [0.25, 0.3) is 10.4 Å². The summed E-state index contributed by atoms with van der Waals surface area (Å²) in [5, 5.41) is 3.85. The quantitative estimate of drug-likeness (QED) is 0.369. The molecule has 4 rings (SSSR count). The van der Waals surface area contributed by atoms with Crippen LogP contribution in [-0.2, 0) is 14.3 Å². The van der Waals surface area contributed by atoms with E-state index in [1.807, 2.05) is 30.3 Å². The minimum atomic E-state index is -1.19. The zero-order valence-corrected chi connectivity index (χ0v) is 17.3. The molecule has 9 heteroatoms. The minimum Gasteiger partial charge on any atom is -0.446 e. The fraction of sp³-hybridized carbons (Fsp3) is 0.391. The Kier molecular flexibility index (Phi) is 6.68. The SMILES string of the molecule is [N-]=[N+]=N[C@H](C(=O)N1C(=O)OCC1c1ccccc1)[C@@H](c1ccc(F)cc1)C1CCOCC1. The van der Waals surface area contributed by atoms with Gasteiger partial charge in [0.05, 0.1) is 0 Å². The number of amides is 2. The number of halogens is 1. The Balaban J connectivity index is 1.73. The van der Waals surface area contributed by atoms with Crippen molar-refractivity contribution >= 4 is 12.0 Å². The van der Waals surface area contributed by atoms with Crippen molar-refractivity contribution in [3.63, 3.8) is 0 Å². The van der Waals surface area contributed by atoms with E-state index in [1.165, 1.54) is 12.1 Å². The zero-order chi connectivity index (χ0) is 22.5. The van der Waals surface area contributed by atoms with Crippen molar-refractivity contribution < 1.29 is 23.5 Å².